The zero-order valence-corrected chi connectivity index (χ0v) is 15.2. The van der Waals surface area contributed by atoms with E-state index < -0.39 is 0 Å². The topological polar surface area (TPSA) is 88.8 Å². The van der Waals surface area contributed by atoms with E-state index in [4.69, 9.17) is 10.5 Å². The molecular weight excluding hydrogens is 338 g/mol. The van der Waals surface area contributed by atoms with Gasteiger partial charge in [0.15, 0.2) is 0 Å². The molecule has 2 aliphatic rings. The number of nitrogens with one attached hydrogen (secondary N) is 2. The summed E-state index contributed by atoms with van der Waals surface area (Å²) in [5.74, 6) is 0.518. The average Bonchev–Trinajstić information content (AvgIpc) is 3.41. The fraction of sp³-hybridized carbons (Fsp3) is 0.333. The number of pyridine rings is 1. The van der Waals surface area contributed by atoms with E-state index in [1.807, 2.05) is 12.4 Å². The predicted octanol–water partition coefficient (Wildman–Crippen LogP) is 3.22. The highest BCUT2D eigenvalue weighted by atomic mass is 16.5. The van der Waals surface area contributed by atoms with Crippen molar-refractivity contribution < 1.29 is 4.74 Å². The van der Waals surface area contributed by atoms with Crippen molar-refractivity contribution in [3.8, 4) is 22.3 Å². The molecular formula is C21H23N5O. The van der Waals surface area contributed by atoms with Crippen LogP contribution in [0.4, 0.5) is 5.82 Å². The molecule has 6 nitrogen and oxygen atoms in total. The van der Waals surface area contributed by atoms with E-state index in [0.29, 0.717) is 18.5 Å². The number of nitrogen functional groups attached to an aromatic ring is 1. The Bertz CT molecular complexity index is 961. The summed E-state index contributed by atoms with van der Waals surface area (Å²) in [7, 11) is 0. The lowest BCUT2D eigenvalue weighted by Crippen LogP contribution is -2.19. The molecule has 0 bridgehead atoms. The number of anilines is 1. The summed E-state index contributed by atoms with van der Waals surface area (Å²) in [5.41, 5.74) is 14.4. The van der Waals surface area contributed by atoms with Crippen LogP contribution in [0.5, 0.6) is 0 Å². The largest absolute Gasteiger partial charge is 0.383 e. The highest BCUT2D eigenvalue weighted by Gasteiger charge is 2.24. The fourth-order valence-corrected chi connectivity index (χ4v) is 4.20. The number of rotatable bonds is 3. The van der Waals surface area contributed by atoms with Crippen LogP contribution in [0.1, 0.15) is 35.6 Å². The van der Waals surface area contributed by atoms with Gasteiger partial charge in [0.1, 0.15) is 5.82 Å². The molecule has 6 heteroatoms. The van der Waals surface area contributed by atoms with Crippen molar-refractivity contribution in [2.45, 2.75) is 31.9 Å². The van der Waals surface area contributed by atoms with Gasteiger partial charge >= 0.3 is 0 Å². The van der Waals surface area contributed by atoms with Crippen LogP contribution in [0.15, 0.2) is 36.8 Å². The summed E-state index contributed by atoms with van der Waals surface area (Å²) in [4.78, 5) is 4.45. The molecule has 0 radical (unpaired) electrons. The Balaban J connectivity index is 1.63. The van der Waals surface area contributed by atoms with E-state index in [9.17, 15) is 0 Å². The number of nitrogens with two attached hydrogens (primary N) is 1. The van der Waals surface area contributed by atoms with Gasteiger partial charge in [0.2, 0.25) is 0 Å². The molecule has 0 saturated carbocycles. The Morgan fingerprint density at radius 2 is 2.07 bits per heavy atom. The summed E-state index contributed by atoms with van der Waals surface area (Å²) in [5, 5.41) is 10.5. The van der Waals surface area contributed by atoms with Gasteiger partial charge in [-0.25, -0.2) is 4.98 Å². The Kier molecular flexibility index (Phi) is 4.14. The summed E-state index contributed by atoms with van der Waals surface area (Å²) in [6.45, 7) is 2.58. The number of fused-ring (bicyclic) bond motifs is 1. The predicted molar refractivity (Wildman–Crippen MR) is 105 cm³/mol. The SMILES string of the molecule is Nc1ncc(-c2cc3c(c([C@@H]4CCCN4)c2)COCC3)cc1-c1cn[nH]c1. The van der Waals surface area contributed by atoms with Gasteiger partial charge in [-0.2, -0.15) is 5.10 Å². The van der Waals surface area contributed by atoms with E-state index in [-0.39, 0.29) is 0 Å². The smallest absolute Gasteiger partial charge is 0.131 e. The van der Waals surface area contributed by atoms with E-state index in [2.05, 4.69) is 38.7 Å². The minimum atomic E-state index is 0.412. The van der Waals surface area contributed by atoms with Crippen LogP contribution in [0.25, 0.3) is 22.3 Å². The lowest BCUT2D eigenvalue weighted by atomic mass is 9.88. The lowest BCUT2D eigenvalue weighted by molar-refractivity contribution is 0.109. The van der Waals surface area contributed by atoms with Gasteiger partial charge in [-0.3, -0.25) is 5.10 Å². The van der Waals surface area contributed by atoms with E-state index in [0.717, 1.165) is 36.3 Å². The minimum Gasteiger partial charge on any atom is -0.383 e. The standard InChI is InChI=1S/C21H23N5O/c22-21-17(16-10-25-26-11-16)8-15(9-24-21)14-6-13-3-5-27-12-19(13)18(7-14)20-2-1-4-23-20/h6-11,20,23H,1-5,12H2,(H2,22,24)(H,25,26)/t20-/m0/s1. The molecule has 0 aliphatic carbocycles. The van der Waals surface area contributed by atoms with Crippen molar-refractivity contribution >= 4 is 5.82 Å². The molecule has 1 aromatic carbocycles. The Morgan fingerprint density at radius 3 is 2.89 bits per heavy atom. The molecule has 0 amide bonds. The van der Waals surface area contributed by atoms with Crippen molar-refractivity contribution in [2.75, 3.05) is 18.9 Å². The van der Waals surface area contributed by atoms with Crippen molar-refractivity contribution in [1.29, 1.82) is 0 Å². The van der Waals surface area contributed by atoms with Gasteiger partial charge in [-0.05, 0) is 60.2 Å². The van der Waals surface area contributed by atoms with E-state index in [1.54, 1.807) is 6.20 Å². The Hall–Kier alpha value is -2.70. The molecule has 1 saturated heterocycles. The van der Waals surface area contributed by atoms with Crippen molar-refractivity contribution in [2.24, 2.45) is 0 Å². The second-order valence-electron chi connectivity index (χ2n) is 7.30. The average molecular weight is 361 g/mol. The molecule has 1 fully saturated rings. The van der Waals surface area contributed by atoms with Gasteiger partial charge in [0, 0.05) is 35.1 Å². The summed E-state index contributed by atoms with van der Waals surface area (Å²) in [6.07, 6.45) is 8.84. The number of benzene rings is 1. The first-order valence-electron chi connectivity index (χ1n) is 9.51. The molecule has 2 aromatic heterocycles. The highest BCUT2D eigenvalue weighted by Crippen LogP contribution is 2.36. The number of nitrogens with zero attached hydrogens (tertiary/aromatic N) is 2. The third kappa shape index (κ3) is 3.01. The molecule has 5 rings (SSSR count). The first kappa shape index (κ1) is 16.5. The number of hydrogen-bond acceptors (Lipinski definition) is 5. The van der Waals surface area contributed by atoms with Crippen molar-refractivity contribution in [3.05, 3.63) is 53.5 Å². The maximum absolute atomic E-state index is 6.12. The zero-order chi connectivity index (χ0) is 18.2. The summed E-state index contributed by atoms with van der Waals surface area (Å²) in [6, 6.07) is 7.13. The molecule has 138 valence electrons. The first-order chi connectivity index (χ1) is 13.3. The minimum absolute atomic E-state index is 0.412. The Morgan fingerprint density at radius 1 is 1.11 bits per heavy atom. The normalized spacial score (nSPS) is 19.2. The Labute approximate surface area is 158 Å². The van der Waals surface area contributed by atoms with Crippen LogP contribution in [0, 0.1) is 0 Å². The molecule has 0 unspecified atom stereocenters. The quantitative estimate of drug-likeness (QED) is 0.666. The van der Waals surface area contributed by atoms with Crippen molar-refractivity contribution in [1.82, 2.24) is 20.5 Å². The molecule has 1 atom stereocenters. The second kappa shape index (κ2) is 6.79. The summed E-state index contributed by atoms with van der Waals surface area (Å²) < 4.78 is 5.76. The molecule has 2 aliphatic heterocycles. The van der Waals surface area contributed by atoms with Crippen LogP contribution in [-0.4, -0.2) is 28.3 Å². The van der Waals surface area contributed by atoms with Gasteiger partial charge in [-0.15, -0.1) is 0 Å². The van der Waals surface area contributed by atoms with Gasteiger partial charge in [0.25, 0.3) is 0 Å². The molecule has 3 aromatic rings. The lowest BCUT2D eigenvalue weighted by Gasteiger charge is -2.24. The highest BCUT2D eigenvalue weighted by molar-refractivity contribution is 5.79. The third-order valence-electron chi connectivity index (χ3n) is 5.64. The van der Waals surface area contributed by atoms with Gasteiger partial charge in [-0.1, -0.05) is 6.07 Å². The zero-order valence-electron chi connectivity index (χ0n) is 15.2. The molecule has 4 heterocycles. The maximum atomic E-state index is 6.12. The second-order valence-corrected chi connectivity index (χ2v) is 7.30. The number of hydrogen-bond donors (Lipinski definition) is 3. The van der Waals surface area contributed by atoms with Crippen LogP contribution in [-0.2, 0) is 17.8 Å². The number of aromatic amines is 1. The fourth-order valence-electron chi connectivity index (χ4n) is 4.20. The molecule has 27 heavy (non-hydrogen) atoms. The van der Waals surface area contributed by atoms with Crippen LogP contribution in [0.3, 0.4) is 0 Å². The van der Waals surface area contributed by atoms with Crippen LogP contribution >= 0.6 is 0 Å². The number of ether oxygens (including phenoxy) is 1. The summed E-state index contributed by atoms with van der Waals surface area (Å²) >= 11 is 0. The van der Waals surface area contributed by atoms with Crippen molar-refractivity contribution in [3.63, 3.8) is 0 Å². The first-order valence-corrected chi connectivity index (χ1v) is 9.51. The van der Waals surface area contributed by atoms with Crippen LogP contribution < -0.4 is 11.1 Å². The number of H-pyrrole nitrogens is 1. The van der Waals surface area contributed by atoms with Gasteiger partial charge < -0.3 is 15.8 Å². The number of aromatic nitrogens is 3. The van der Waals surface area contributed by atoms with E-state index in [1.165, 1.54) is 35.1 Å². The molecule has 0 spiro atoms. The van der Waals surface area contributed by atoms with E-state index >= 15 is 0 Å². The molecule has 4 N–H and O–H groups in total. The van der Waals surface area contributed by atoms with Gasteiger partial charge in [0.05, 0.1) is 19.4 Å². The maximum Gasteiger partial charge on any atom is 0.131 e. The van der Waals surface area contributed by atoms with Crippen LogP contribution in [0.2, 0.25) is 0 Å². The third-order valence-corrected chi connectivity index (χ3v) is 5.64. The monoisotopic (exact) mass is 361 g/mol.